The lowest BCUT2D eigenvalue weighted by Crippen LogP contribution is -2.44. The van der Waals surface area contributed by atoms with Crippen LogP contribution in [0.2, 0.25) is 0 Å². The van der Waals surface area contributed by atoms with Gasteiger partial charge in [0.2, 0.25) is 0 Å². The second-order valence-corrected chi connectivity index (χ2v) is 5.17. The van der Waals surface area contributed by atoms with Crippen LogP contribution in [-0.4, -0.2) is 43.1 Å². The highest BCUT2D eigenvalue weighted by atomic mass is 19.1. The number of halogens is 1. The topological polar surface area (TPSA) is 55.8 Å². The highest BCUT2D eigenvalue weighted by molar-refractivity contribution is 5.79. The highest BCUT2D eigenvalue weighted by Gasteiger charge is 2.29. The summed E-state index contributed by atoms with van der Waals surface area (Å²) in [7, 11) is 0. The Balaban J connectivity index is 1.83. The number of hydrogen-bond acceptors (Lipinski definition) is 4. The van der Waals surface area contributed by atoms with Crippen molar-refractivity contribution < 1.29 is 23.5 Å². The van der Waals surface area contributed by atoms with E-state index in [0.717, 1.165) is 12.8 Å². The largest absolute Gasteiger partial charge is 0.484 e. The fourth-order valence-electron chi connectivity index (χ4n) is 2.42. The van der Waals surface area contributed by atoms with E-state index in [9.17, 15) is 14.0 Å². The third-order valence-corrected chi connectivity index (χ3v) is 3.57. The zero-order chi connectivity index (χ0) is 15.9. The number of piperidine rings is 1. The number of rotatable bonds is 5. The van der Waals surface area contributed by atoms with Crippen molar-refractivity contribution in [2.24, 2.45) is 5.92 Å². The number of esters is 1. The summed E-state index contributed by atoms with van der Waals surface area (Å²) >= 11 is 0. The van der Waals surface area contributed by atoms with E-state index in [1.807, 2.05) is 0 Å². The minimum absolute atomic E-state index is 0.124. The van der Waals surface area contributed by atoms with Crippen molar-refractivity contribution in [1.29, 1.82) is 0 Å². The van der Waals surface area contributed by atoms with E-state index in [4.69, 9.17) is 9.47 Å². The lowest BCUT2D eigenvalue weighted by molar-refractivity contribution is -0.151. The van der Waals surface area contributed by atoms with E-state index in [-0.39, 0.29) is 30.2 Å². The van der Waals surface area contributed by atoms with Crippen molar-refractivity contribution in [2.75, 3.05) is 26.3 Å². The lowest BCUT2D eigenvalue weighted by Gasteiger charge is -2.31. The molecular weight excluding hydrogens is 289 g/mol. The Morgan fingerprint density at radius 2 is 2.05 bits per heavy atom. The number of benzene rings is 1. The molecule has 1 fully saturated rings. The molecule has 1 atom stereocenters. The average molecular weight is 309 g/mol. The molecule has 0 N–H and O–H groups in total. The van der Waals surface area contributed by atoms with Gasteiger partial charge in [-0.05, 0) is 44.0 Å². The predicted octanol–water partition coefficient (Wildman–Crippen LogP) is 2.01. The predicted molar refractivity (Wildman–Crippen MR) is 77.8 cm³/mol. The molecule has 22 heavy (non-hydrogen) atoms. The van der Waals surface area contributed by atoms with Crippen LogP contribution in [0.15, 0.2) is 24.3 Å². The van der Waals surface area contributed by atoms with Crippen LogP contribution in [0.5, 0.6) is 5.75 Å². The Labute approximate surface area is 129 Å². The number of carbonyl (C=O) groups is 2. The Morgan fingerprint density at radius 3 is 2.73 bits per heavy atom. The normalized spacial score (nSPS) is 17.9. The third kappa shape index (κ3) is 4.44. The fraction of sp³-hybridized carbons (Fsp3) is 0.500. The smallest absolute Gasteiger partial charge is 0.310 e. The first-order valence-electron chi connectivity index (χ1n) is 7.43. The molecule has 1 saturated heterocycles. The summed E-state index contributed by atoms with van der Waals surface area (Å²) in [6.45, 7) is 2.96. The number of hydrogen-bond donors (Lipinski definition) is 0. The number of nitrogens with zero attached hydrogens (tertiary/aromatic N) is 1. The summed E-state index contributed by atoms with van der Waals surface area (Å²) in [5.41, 5.74) is 0. The molecule has 1 aliphatic heterocycles. The first-order chi connectivity index (χ1) is 10.6. The van der Waals surface area contributed by atoms with Crippen molar-refractivity contribution in [3.8, 4) is 5.75 Å². The molecule has 6 heteroatoms. The molecule has 5 nitrogen and oxygen atoms in total. The minimum Gasteiger partial charge on any atom is -0.484 e. The van der Waals surface area contributed by atoms with Crippen LogP contribution in [0.4, 0.5) is 4.39 Å². The second-order valence-electron chi connectivity index (χ2n) is 5.17. The van der Waals surface area contributed by atoms with Gasteiger partial charge in [-0.15, -0.1) is 0 Å². The molecule has 1 heterocycles. The molecule has 1 aliphatic rings. The molecule has 1 aromatic carbocycles. The molecule has 1 amide bonds. The van der Waals surface area contributed by atoms with Gasteiger partial charge in [-0.2, -0.15) is 0 Å². The van der Waals surface area contributed by atoms with Crippen LogP contribution in [0, 0.1) is 11.7 Å². The van der Waals surface area contributed by atoms with Gasteiger partial charge in [-0.25, -0.2) is 4.39 Å². The molecule has 0 saturated carbocycles. The van der Waals surface area contributed by atoms with Crippen LogP contribution in [-0.2, 0) is 14.3 Å². The zero-order valence-corrected chi connectivity index (χ0v) is 12.6. The van der Waals surface area contributed by atoms with E-state index >= 15 is 0 Å². The van der Waals surface area contributed by atoms with Crippen LogP contribution in [0.3, 0.4) is 0 Å². The molecule has 0 bridgehead atoms. The molecule has 120 valence electrons. The summed E-state index contributed by atoms with van der Waals surface area (Å²) in [6, 6.07) is 5.50. The van der Waals surface area contributed by atoms with Gasteiger partial charge < -0.3 is 14.4 Å². The van der Waals surface area contributed by atoms with E-state index in [2.05, 4.69) is 0 Å². The summed E-state index contributed by atoms with van der Waals surface area (Å²) in [4.78, 5) is 25.5. The highest BCUT2D eigenvalue weighted by Crippen LogP contribution is 2.18. The fourth-order valence-corrected chi connectivity index (χ4v) is 2.42. The van der Waals surface area contributed by atoms with E-state index < -0.39 is 0 Å². The van der Waals surface area contributed by atoms with Gasteiger partial charge >= 0.3 is 5.97 Å². The van der Waals surface area contributed by atoms with Crippen LogP contribution in [0.25, 0.3) is 0 Å². The molecule has 0 unspecified atom stereocenters. The van der Waals surface area contributed by atoms with Gasteiger partial charge in [0.1, 0.15) is 11.6 Å². The molecule has 2 rings (SSSR count). The first kappa shape index (κ1) is 16.3. The number of carbonyl (C=O) groups excluding carboxylic acids is 2. The summed E-state index contributed by atoms with van der Waals surface area (Å²) in [5, 5.41) is 0. The van der Waals surface area contributed by atoms with E-state index in [1.54, 1.807) is 11.8 Å². The maximum atomic E-state index is 12.8. The Hall–Kier alpha value is -2.11. The Kier molecular flexibility index (Phi) is 5.75. The summed E-state index contributed by atoms with van der Waals surface area (Å²) in [6.07, 6.45) is 1.51. The molecule has 1 aromatic rings. The number of amides is 1. The maximum Gasteiger partial charge on any atom is 0.310 e. The molecule has 0 radical (unpaired) electrons. The van der Waals surface area contributed by atoms with Crippen molar-refractivity contribution in [3.63, 3.8) is 0 Å². The second kappa shape index (κ2) is 7.77. The van der Waals surface area contributed by atoms with Crippen LogP contribution in [0.1, 0.15) is 19.8 Å². The van der Waals surface area contributed by atoms with Crippen molar-refractivity contribution >= 4 is 11.9 Å². The minimum atomic E-state index is -0.355. The summed E-state index contributed by atoms with van der Waals surface area (Å²) in [5.74, 6) is -0.609. The van der Waals surface area contributed by atoms with Crippen molar-refractivity contribution in [1.82, 2.24) is 4.90 Å². The van der Waals surface area contributed by atoms with Crippen LogP contribution < -0.4 is 4.74 Å². The van der Waals surface area contributed by atoms with Gasteiger partial charge in [0.25, 0.3) is 5.91 Å². The quantitative estimate of drug-likeness (QED) is 0.781. The summed E-state index contributed by atoms with van der Waals surface area (Å²) < 4.78 is 23.1. The zero-order valence-electron chi connectivity index (χ0n) is 12.6. The molecule has 0 spiro atoms. The maximum absolute atomic E-state index is 12.8. The number of likely N-dealkylation sites (tertiary alicyclic amines) is 1. The van der Waals surface area contributed by atoms with Gasteiger partial charge in [0.15, 0.2) is 6.61 Å². The van der Waals surface area contributed by atoms with Gasteiger partial charge in [0.05, 0.1) is 12.5 Å². The standard InChI is InChI=1S/C16H20FNO4/c1-2-21-16(20)12-4-3-9-18(10-12)15(19)11-22-14-7-5-13(17)6-8-14/h5-8,12H,2-4,9-11H2,1H3/t12-/m1/s1. The number of ether oxygens (including phenoxy) is 2. The van der Waals surface area contributed by atoms with Gasteiger partial charge in [-0.3, -0.25) is 9.59 Å². The van der Waals surface area contributed by atoms with Gasteiger partial charge in [0, 0.05) is 13.1 Å². The molecule has 0 aromatic heterocycles. The Morgan fingerprint density at radius 1 is 1.32 bits per heavy atom. The SMILES string of the molecule is CCOC(=O)[C@@H]1CCCN(C(=O)COc2ccc(F)cc2)C1. The van der Waals surface area contributed by atoms with Crippen molar-refractivity contribution in [2.45, 2.75) is 19.8 Å². The first-order valence-corrected chi connectivity index (χ1v) is 7.43. The third-order valence-electron chi connectivity index (χ3n) is 3.57. The molecular formula is C16H20FNO4. The Bertz CT molecular complexity index is 517. The van der Waals surface area contributed by atoms with Gasteiger partial charge in [-0.1, -0.05) is 0 Å². The van der Waals surface area contributed by atoms with Crippen LogP contribution >= 0.6 is 0 Å². The molecule has 0 aliphatic carbocycles. The lowest BCUT2D eigenvalue weighted by atomic mass is 9.98. The monoisotopic (exact) mass is 309 g/mol. The van der Waals surface area contributed by atoms with E-state index in [1.165, 1.54) is 24.3 Å². The average Bonchev–Trinajstić information content (AvgIpc) is 2.54. The van der Waals surface area contributed by atoms with E-state index in [0.29, 0.717) is 25.4 Å². The van der Waals surface area contributed by atoms with Crippen molar-refractivity contribution in [3.05, 3.63) is 30.1 Å².